The van der Waals surface area contributed by atoms with Gasteiger partial charge < -0.3 is 20.7 Å². The molecule has 7 heteroatoms. The first-order chi connectivity index (χ1) is 10.0. The maximum atomic E-state index is 11.7. The van der Waals surface area contributed by atoms with Crippen molar-refractivity contribution >= 4 is 34.9 Å². The highest BCUT2D eigenvalue weighted by Crippen LogP contribution is 2.25. The number of anilines is 2. The number of amides is 3. The summed E-state index contributed by atoms with van der Waals surface area (Å²) in [5.74, 6) is -0.182. The highest BCUT2D eigenvalue weighted by atomic mass is 35.5. The molecule has 0 aliphatic heterocycles. The van der Waals surface area contributed by atoms with E-state index in [0.29, 0.717) is 36.2 Å². The molecule has 116 valence electrons. The molecule has 0 saturated carbocycles. The van der Waals surface area contributed by atoms with Crippen molar-refractivity contribution in [1.29, 1.82) is 0 Å². The molecule has 0 radical (unpaired) electrons. The molecule has 1 aromatic rings. The highest BCUT2D eigenvalue weighted by Gasteiger charge is 2.06. The van der Waals surface area contributed by atoms with Crippen molar-refractivity contribution in [2.24, 2.45) is 0 Å². The first kappa shape index (κ1) is 17.3. The fraction of sp³-hybridized carbons (Fsp3) is 0.429. The lowest BCUT2D eigenvalue weighted by Gasteiger charge is -2.10. The molecule has 1 aromatic carbocycles. The zero-order valence-corrected chi connectivity index (χ0v) is 12.9. The van der Waals surface area contributed by atoms with Gasteiger partial charge in [-0.05, 0) is 31.5 Å². The molecular formula is C14H20ClN3O3. The Labute approximate surface area is 129 Å². The van der Waals surface area contributed by atoms with Gasteiger partial charge in [-0.25, -0.2) is 4.79 Å². The Morgan fingerprint density at radius 2 is 2.05 bits per heavy atom. The largest absolute Gasteiger partial charge is 0.382 e. The van der Waals surface area contributed by atoms with Crippen LogP contribution in [0.5, 0.6) is 0 Å². The first-order valence-corrected chi connectivity index (χ1v) is 7.10. The average Bonchev–Trinajstić information content (AvgIpc) is 2.41. The van der Waals surface area contributed by atoms with Crippen molar-refractivity contribution in [3.63, 3.8) is 0 Å². The fourth-order valence-corrected chi connectivity index (χ4v) is 1.81. The number of rotatable bonds is 7. The molecule has 0 atom stereocenters. The predicted octanol–water partition coefficient (Wildman–Crippen LogP) is 2.85. The summed E-state index contributed by atoms with van der Waals surface area (Å²) in [6.45, 7) is 5.14. The van der Waals surface area contributed by atoms with Gasteiger partial charge in [-0.1, -0.05) is 11.6 Å². The Kier molecular flexibility index (Phi) is 7.56. The van der Waals surface area contributed by atoms with E-state index in [0.717, 1.165) is 6.42 Å². The van der Waals surface area contributed by atoms with Gasteiger partial charge in [0.25, 0.3) is 0 Å². The molecule has 1 rings (SSSR count). The zero-order chi connectivity index (χ0) is 15.7. The zero-order valence-electron chi connectivity index (χ0n) is 12.2. The Morgan fingerprint density at radius 3 is 2.67 bits per heavy atom. The lowest BCUT2D eigenvalue weighted by atomic mass is 10.2. The standard InChI is InChI=1S/C14H20ClN3O3/c1-3-21-8-4-7-16-14(20)18-13-6-5-11(9-12(13)15)17-10(2)19/h5-6,9H,3-4,7-8H2,1-2H3,(H,17,19)(H2,16,18,20). The summed E-state index contributed by atoms with van der Waals surface area (Å²) in [6.07, 6.45) is 0.746. The van der Waals surface area contributed by atoms with Crippen LogP contribution < -0.4 is 16.0 Å². The topological polar surface area (TPSA) is 79.5 Å². The van der Waals surface area contributed by atoms with Crippen LogP contribution in [-0.2, 0) is 9.53 Å². The minimum atomic E-state index is -0.333. The van der Waals surface area contributed by atoms with Crippen molar-refractivity contribution in [3.8, 4) is 0 Å². The molecule has 0 bridgehead atoms. The molecule has 0 spiro atoms. The number of ether oxygens (including phenoxy) is 1. The molecular weight excluding hydrogens is 294 g/mol. The Balaban J connectivity index is 2.43. The first-order valence-electron chi connectivity index (χ1n) is 6.72. The SMILES string of the molecule is CCOCCCNC(=O)Nc1ccc(NC(C)=O)cc1Cl. The molecule has 3 amide bonds. The van der Waals surface area contributed by atoms with Crippen LogP contribution in [0, 0.1) is 0 Å². The van der Waals surface area contributed by atoms with Crippen molar-refractivity contribution in [3.05, 3.63) is 23.2 Å². The summed E-state index contributed by atoms with van der Waals surface area (Å²) in [4.78, 5) is 22.6. The maximum absolute atomic E-state index is 11.7. The fourth-order valence-electron chi connectivity index (χ4n) is 1.58. The normalized spacial score (nSPS) is 10.0. The van der Waals surface area contributed by atoms with Crippen LogP contribution in [0.4, 0.5) is 16.2 Å². The third-order valence-corrected chi connectivity index (χ3v) is 2.81. The van der Waals surface area contributed by atoms with Gasteiger partial charge in [-0.2, -0.15) is 0 Å². The molecule has 21 heavy (non-hydrogen) atoms. The van der Waals surface area contributed by atoms with Gasteiger partial charge in [0.15, 0.2) is 0 Å². The Morgan fingerprint density at radius 1 is 1.29 bits per heavy atom. The van der Waals surface area contributed by atoms with E-state index < -0.39 is 0 Å². The van der Waals surface area contributed by atoms with Gasteiger partial charge in [0.05, 0.1) is 10.7 Å². The minimum Gasteiger partial charge on any atom is -0.382 e. The number of halogens is 1. The molecule has 0 aliphatic rings. The van der Waals surface area contributed by atoms with E-state index in [9.17, 15) is 9.59 Å². The number of hydrogen-bond acceptors (Lipinski definition) is 3. The lowest BCUT2D eigenvalue weighted by Crippen LogP contribution is -2.30. The number of benzene rings is 1. The number of nitrogens with one attached hydrogen (secondary N) is 3. The number of carbonyl (C=O) groups is 2. The Bertz CT molecular complexity index is 494. The minimum absolute atomic E-state index is 0.182. The van der Waals surface area contributed by atoms with Crippen LogP contribution in [0.1, 0.15) is 20.3 Å². The van der Waals surface area contributed by atoms with Gasteiger partial charge in [-0.3, -0.25) is 4.79 Å². The molecule has 6 nitrogen and oxygen atoms in total. The van der Waals surface area contributed by atoms with E-state index >= 15 is 0 Å². The summed E-state index contributed by atoms with van der Waals surface area (Å²) in [7, 11) is 0. The lowest BCUT2D eigenvalue weighted by molar-refractivity contribution is -0.114. The second kappa shape index (κ2) is 9.20. The predicted molar refractivity (Wildman–Crippen MR) is 83.9 cm³/mol. The van der Waals surface area contributed by atoms with Gasteiger partial charge >= 0.3 is 6.03 Å². The second-order valence-corrected chi connectivity index (χ2v) is 4.71. The molecule has 0 aromatic heterocycles. The molecule has 0 unspecified atom stereocenters. The number of hydrogen-bond donors (Lipinski definition) is 3. The van der Waals surface area contributed by atoms with Gasteiger partial charge in [0.1, 0.15) is 0 Å². The number of carbonyl (C=O) groups excluding carboxylic acids is 2. The highest BCUT2D eigenvalue weighted by molar-refractivity contribution is 6.34. The third-order valence-electron chi connectivity index (χ3n) is 2.49. The van der Waals surface area contributed by atoms with Crippen LogP contribution in [0.2, 0.25) is 5.02 Å². The Hall–Kier alpha value is -1.79. The number of urea groups is 1. The van der Waals surface area contributed by atoms with Gasteiger partial charge in [0.2, 0.25) is 5.91 Å². The smallest absolute Gasteiger partial charge is 0.319 e. The van der Waals surface area contributed by atoms with Gasteiger partial charge in [-0.15, -0.1) is 0 Å². The molecule has 0 fully saturated rings. The quantitative estimate of drug-likeness (QED) is 0.677. The van der Waals surface area contributed by atoms with Crippen LogP contribution >= 0.6 is 11.6 Å². The third kappa shape index (κ3) is 6.97. The van der Waals surface area contributed by atoms with E-state index in [4.69, 9.17) is 16.3 Å². The summed E-state index contributed by atoms with van der Waals surface area (Å²) in [5, 5.41) is 8.32. The summed E-state index contributed by atoms with van der Waals surface area (Å²) < 4.78 is 5.17. The van der Waals surface area contributed by atoms with Crippen LogP contribution in [0.15, 0.2) is 18.2 Å². The molecule has 3 N–H and O–H groups in total. The molecule has 0 saturated heterocycles. The van der Waals surface area contributed by atoms with Crippen LogP contribution in [0.3, 0.4) is 0 Å². The summed E-state index contributed by atoms with van der Waals surface area (Å²) >= 11 is 6.05. The van der Waals surface area contributed by atoms with Crippen LogP contribution in [0.25, 0.3) is 0 Å². The molecule has 0 heterocycles. The van der Waals surface area contributed by atoms with Crippen molar-refractivity contribution in [2.75, 3.05) is 30.4 Å². The van der Waals surface area contributed by atoms with E-state index in [2.05, 4.69) is 16.0 Å². The average molecular weight is 314 g/mol. The summed E-state index contributed by atoms with van der Waals surface area (Å²) in [5.41, 5.74) is 1.06. The summed E-state index contributed by atoms with van der Waals surface area (Å²) in [6, 6.07) is 4.54. The van der Waals surface area contributed by atoms with E-state index in [-0.39, 0.29) is 11.9 Å². The van der Waals surface area contributed by atoms with E-state index in [1.807, 2.05) is 6.92 Å². The van der Waals surface area contributed by atoms with Crippen molar-refractivity contribution in [1.82, 2.24) is 5.32 Å². The van der Waals surface area contributed by atoms with E-state index in [1.165, 1.54) is 6.92 Å². The monoisotopic (exact) mass is 313 g/mol. The van der Waals surface area contributed by atoms with Crippen LogP contribution in [-0.4, -0.2) is 31.7 Å². The van der Waals surface area contributed by atoms with Crippen molar-refractivity contribution < 1.29 is 14.3 Å². The van der Waals surface area contributed by atoms with Gasteiger partial charge in [0, 0.05) is 32.4 Å². The maximum Gasteiger partial charge on any atom is 0.319 e. The second-order valence-electron chi connectivity index (χ2n) is 4.31. The molecule has 0 aliphatic carbocycles. The van der Waals surface area contributed by atoms with Crippen molar-refractivity contribution in [2.45, 2.75) is 20.3 Å². The van der Waals surface area contributed by atoms with E-state index in [1.54, 1.807) is 18.2 Å².